The number of piperazine rings is 1. The highest BCUT2D eigenvalue weighted by Gasteiger charge is 2.27. The average molecular weight is 452 g/mol. The quantitative estimate of drug-likeness (QED) is 0.581. The summed E-state index contributed by atoms with van der Waals surface area (Å²) in [6.45, 7) is 3.73. The smallest absolute Gasteiger partial charge is 0.441 e. The number of hydrogen-bond donors (Lipinski definition) is 0. The summed E-state index contributed by atoms with van der Waals surface area (Å²) in [7, 11) is 0. The number of nitrogens with zero attached hydrogens (tertiary/aromatic N) is 3. The van der Waals surface area contributed by atoms with Crippen LogP contribution in [0, 0.1) is 6.92 Å². The molecule has 0 saturated carbocycles. The van der Waals surface area contributed by atoms with Crippen molar-refractivity contribution in [1.29, 1.82) is 0 Å². The van der Waals surface area contributed by atoms with Gasteiger partial charge in [-0.3, -0.25) is 0 Å². The minimum Gasteiger partial charge on any atom is -0.441 e. The molecule has 3 heterocycles. The van der Waals surface area contributed by atoms with Crippen molar-refractivity contribution in [3.63, 3.8) is 0 Å². The molecule has 0 unspecified atom stereocenters. The number of carbonyl (C=O) groups excluding carboxylic acids is 1. The van der Waals surface area contributed by atoms with Gasteiger partial charge in [0.15, 0.2) is 18.1 Å². The van der Waals surface area contributed by atoms with E-state index in [1.807, 2.05) is 30.3 Å². The molecule has 0 bridgehead atoms. The highest BCUT2D eigenvalue weighted by atomic mass is 32.2. The van der Waals surface area contributed by atoms with E-state index in [2.05, 4.69) is 23.1 Å². The van der Waals surface area contributed by atoms with E-state index >= 15 is 0 Å². The van der Waals surface area contributed by atoms with E-state index in [1.54, 1.807) is 23.6 Å². The van der Waals surface area contributed by atoms with Crippen LogP contribution < -0.4 is 5.82 Å². The predicted octanol–water partition coefficient (Wildman–Crippen LogP) is 4.04. The molecule has 9 heteroatoms. The Labute approximate surface area is 188 Å². The SMILES string of the molecule is Cc1oc(=O)oc1COC(=O)N1CCN(C2=Nc3ccccc3Sc3ccccc32)CC1. The third kappa shape index (κ3) is 4.03. The van der Waals surface area contributed by atoms with Gasteiger partial charge in [0, 0.05) is 41.5 Å². The van der Waals surface area contributed by atoms with Crippen molar-refractivity contribution < 1.29 is 18.4 Å². The molecule has 0 spiro atoms. The third-order valence-corrected chi connectivity index (χ3v) is 6.58. The molecule has 0 radical (unpaired) electrons. The molecule has 32 heavy (non-hydrogen) atoms. The standard InChI is InChI=1S/C23H21N3O5S/c1-15-18(31-23(28)30-15)14-29-22(27)26-12-10-25(11-13-26)21-16-6-2-4-8-19(16)32-20-9-5-3-7-17(20)24-21/h2-9H,10-14H2,1H3. The zero-order chi connectivity index (χ0) is 22.1. The third-order valence-electron chi connectivity index (χ3n) is 5.44. The lowest BCUT2D eigenvalue weighted by atomic mass is 10.1. The van der Waals surface area contributed by atoms with Crippen molar-refractivity contribution >= 4 is 29.4 Å². The summed E-state index contributed by atoms with van der Waals surface area (Å²) >= 11 is 1.72. The van der Waals surface area contributed by atoms with Crippen molar-refractivity contribution in [1.82, 2.24) is 9.80 Å². The number of carbonyl (C=O) groups is 1. The largest absolute Gasteiger partial charge is 0.519 e. The molecule has 1 fully saturated rings. The van der Waals surface area contributed by atoms with Crippen molar-refractivity contribution in [3.05, 3.63) is 76.2 Å². The van der Waals surface area contributed by atoms with E-state index in [1.165, 1.54) is 0 Å². The fourth-order valence-corrected chi connectivity index (χ4v) is 4.75. The maximum Gasteiger partial charge on any atom is 0.519 e. The maximum absolute atomic E-state index is 12.5. The Balaban J connectivity index is 1.29. The van der Waals surface area contributed by atoms with Gasteiger partial charge in [0.2, 0.25) is 0 Å². The summed E-state index contributed by atoms with van der Waals surface area (Å²) in [5, 5.41) is 0. The highest BCUT2D eigenvalue weighted by Crippen LogP contribution is 2.40. The molecule has 2 aromatic carbocycles. The lowest BCUT2D eigenvalue weighted by Crippen LogP contribution is -2.51. The monoisotopic (exact) mass is 451 g/mol. The number of hydrogen-bond acceptors (Lipinski definition) is 8. The molecule has 1 saturated heterocycles. The molecule has 0 atom stereocenters. The van der Waals surface area contributed by atoms with Gasteiger partial charge in [-0.15, -0.1) is 0 Å². The van der Waals surface area contributed by atoms with E-state index in [0.717, 1.165) is 26.9 Å². The second kappa shape index (κ2) is 8.58. The second-order valence-corrected chi connectivity index (χ2v) is 8.55. The fraction of sp³-hybridized carbons (Fsp3) is 0.261. The number of para-hydroxylation sites is 1. The molecule has 0 aliphatic carbocycles. The molecule has 5 rings (SSSR count). The van der Waals surface area contributed by atoms with E-state index in [0.29, 0.717) is 31.9 Å². The van der Waals surface area contributed by atoms with Crippen molar-refractivity contribution in [2.45, 2.75) is 23.3 Å². The maximum atomic E-state index is 12.5. The number of aryl methyl sites for hydroxylation is 1. The summed E-state index contributed by atoms with van der Waals surface area (Å²) in [5.41, 5.74) is 2.04. The van der Waals surface area contributed by atoms with Gasteiger partial charge in [-0.25, -0.2) is 14.6 Å². The normalized spacial score (nSPS) is 15.5. The summed E-state index contributed by atoms with van der Waals surface area (Å²) < 4.78 is 15.0. The molecular formula is C23H21N3O5S. The summed E-state index contributed by atoms with van der Waals surface area (Å²) in [4.78, 5) is 34.8. The highest BCUT2D eigenvalue weighted by molar-refractivity contribution is 7.99. The van der Waals surface area contributed by atoms with Crippen LogP contribution in [0.1, 0.15) is 17.1 Å². The van der Waals surface area contributed by atoms with Crippen LogP contribution >= 0.6 is 11.8 Å². The van der Waals surface area contributed by atoms with Gasteiger partial charge < -0.3 is 23.4 Å². The number of benzene rings is 2. The Hall–Kier alpha value is -3.46. The number of aliphatic imine (C=N–C) groups is 1. The van der Waals surface area contributed by atoms with Gasteiger partial charge in [0.1, 0.15) is 5.84 Å². The number of rotatable bonds is 2. The Bertz CT molecular complexity index is 1240. The van der Waals surface area contributed by atoms with Crippen LogP contribution in [0.15, 0.2) is 76.9 Å². The van der Waals surface area contributed by atoms with Crippen molar-refractivity contribution in [2.75, 3.05) is 26.2 Å². The summed E-state index contributed by atoms with van der Waals surface area (Å²) in [5.74, 6) is 0.659. The van der Waals surface area contributed by atoms with E-state index in [9.17, 15) is 9.59 Å². The topological polar surface area (TPSA) is 88.5 Å². The van der Waals surface area contributed by atoms with E-state index in [4.69, 9.17) is 18.6 Å². The molecule has 1 aromatic heterocycles. The first-order valence-corrected chi connectivity index (χ1v) is 11.1. The zero-order valence-corrected chi connectivity index (χ0v) is 18.3. The lowest BCUT2D eigenvalue weighted by Gasteiger charge is -2.36. The first kappa shape index (κ1) is 20.4. The first-order valence-electron chi connectivity index (χ1n) is 10.3. The summed E-state index contributed by atoms with van der Waals surface area (Å²) in [6.07, 6.45) is -0.447. The Morgan fingerprint density at radius 3 is 2.50 bits per heavy atom. The predicted molar refractivity (Wildman–Crippen MR) is 119 cm³/mol. The van der Waals surface area contributed by atoms with Gasteiger partial charge in [0.05, 0.1) is 5.69 Å². The average Bonchev–Trinajstić information content (AvgIpc) is 3.04. The molecule has 1 amide bonds. The van der Waals surface area contributed by atoms with Crippen LogP contribution in [0.4, 0.5) is 10.5 Å². The van der Waals surface area contributed by atoms with Gasteiger partial charge in [-0.2, -0.15) is 0 Å². The molecule has 164 valence electrons. The van der Waals surface area contributed by atoms with Crippen LogP contribution in [0.3, 0.4) is 0 Å². The van der Waals surface area contributed by atoms with Crippen LogP contribution in [0.2, 0.25) is 0 Å². The van der Waals surface area contributed by atoms with Crippen LogP contribution in [-0.4, -0.2) is 47.9 Å². The van der Waals surface area contributed by atoms with Crippen molar-refractivity contribution in [3.8, 4) is 0 Å². The van der Waals surface area contributed by atoms with E-state index in [-0.39, 0.29) is 12.4 Å². The van der Waals surface area contributed by atoms with Gasteiger partial charge in [-0.1, -0.05) is 42.1 Å². The van der Waals surface area contributed by atoms with Crippen LogP contribution in [-0.2, 0) is 11.3 Å². The molecule has 2 aliphatic heterocycles. The van der Waals surface area contributed by atoms with Crippen molar-refractivity contribution in [2.24, 2.45) is 4.99 Å². The first-order chi connectivity index (χ1) is 15.6. The minimum absolute atomic E-state index is 0.134. The number of amides is 1. The molecule has 2 aliphatic rings. The number of ether oxygens (including phenoxy) is 1. The van der Waals surface area contributed by atoms with Gasteiger partial charge in [-0.05, 0) is 25.1 Å². The van der Waals surface area contributed by atoms with Crippen LogP contribution in [0.5, 0.6) is 0 Å². The molecular weight excluding hydrogens is 430 g/mol. The minimum atomic E-state index is -0.800. The molecule has 3 aromatic rings. The van der Waals surface area contributed by atoms with Gasteiger partial charge in [0.25, 0.3) is 0 Å². The summed E-state index contributed by atoms with van der Waals surface area (Å²) in [6, 6.07) is 16.4. The Kier molecular flexibility index (Phi) is 5.48. The lowest BCUT2D eigenvalue weighted by molar-refractivity contribution is 0.0768. The zero-order valence-electron chi connectivity index (χ0n) is 17.4. The Morgan fingerprint density at radius 1 is 1.03 bits per heavy atom. The molecule has 0 N–H and O–H groups in total. The van der Waals surface area contributed by atoms with Crippen LogP contribution in [0.25, 0.3) is 0 Å². The second-order valence-electron chi connectivity index (χ2n) is 7.46. The van der Waals surface area contributed by atoms with E-state index < -0.39 is 11.9 Å². The number of amidine groups is 1. The number of fused-ring (bicyclic) bond motifs is 2. The van der Waals surface area contributed by atoms with Gasteiger partial charge >= 0.3 is 11.9 Å². The molecule has 8 nitrogen and oxygen atoms in total. The fourth-order valence-electron chi connectivity index (χ4n) is 3.74. The Morgan fingerprint density at radius 2 is 1.75 bits per heavy atom.